The molecule has 2 aliphatic rings. The van der Waals surface area contributed by atoms with Crippen LogP contribution in [-0.2, 0) is 0 Å². The SMILES string of the molecule is CC1CCCC(C(NN)C2CCCC(C)C2)C1. The molecule has 3 N–H and O–H groups in total. The van der Waals surface area contributed by atoms with Gasteiger partial charge in [-0.25, -0.2) is 0 Å². The van der Waals surface area contributed by atoms with Crippen LogP contribution >= 0.6 is 0 Å². The summed E-state index contributed by atoms with van der Waals surface area (Å²) >= 11 is 0. The molecule has 2 heteroatoms. The molecule has 0 bridgehead atoms. The lowest BCUT2D eigenvalue weighted by Gasteiger charge is -2.40. The Bertz CT molecular complexity index is 207. The van der Waals surface area contributed by atoms with Gasteiger partial charge >= 0.3 is 0 Å². The average Bonchev–Trinajstić information content (AvgIpc) is 2.30. The molecule has 0 aromatic rings. The van der Waals surface area contributed by atoms with E-state index in [-0.39, 0.29) is 0 Å². The van der Waals surface area contributed by atoms with Crippen LogP contribution in [0.15, 0.2) is 0 Å². The first-order chi connectivity index (χ1) is 8.20. The molecule has 17 heavy (non-hydrogen) atoms. The van der Waals surface area contributed by atoms with Crippen LogP contribution in [0.2, 0.25) is 0 Å². The number of hydrogen-bond acceptors (Lipinski definition) is 2. The van der Waals surface area contributed by atoms with Gasteiger partial charge in [-0.3, -0.25) is 11.3 Å². The predicted octanol–water partition coefficient (Wildman–Crippen LogP) is 3.47. The lowest BCUT2D eigenvalue weighted by Crippen LogP contribution is -2.48. The summed E-state index contributed by atoms with van der Waals surface area (Å²) in [6.45, 7) is 4.81. The molecule has 0 aromatic heterocycles. The number of rotatable bonds is 3. The van der Waals surface area contributed by atoms with Crippen LogP contribution in [0.5, 0.6) is 0 Å². The molecular formula is C15H30N2. The molecule has 2 nitrogen and oxygen atoms in total. The molecule has 0 amide bonds. The van der Waals surface area contributed by atoms with Crippen LogP contribution in [0.25, 0.3) is 0 Å². The monoisotopic (exact) mass is 238 g/mol. The summed E-state index contributed by atoms with van der Waals surface area (Å²) in [6, 6.07) is 0.584. The Hall–Kier alpha value is -0.0800. The van der Waals surface area contributed by atoms with Gasteiger partial charge in [0.05, 0.1) is 0 Å². The van der Waals surface area contributed by atoms with Gasteiger partial charge in [0.25, 0.3) is 0 Å². The highest BCUT2D eigenvalue weighted by molar-refractivity contribution is 4.87. The quantitative estimate of drug-likeness (QED) is 0.583. The minimum absolute atomic E-state index is 0.584. The molecule has 100 valence electrons. The molecule has 2 rings (SSSR count). The van der Waals surface area contributed by atoms with Crippen molar-refractivity contribution in [3.63, 3.8) is 0 Å². The van der Waals surface area contributed by atoms with Gasteiger partial charge in [0.2, 0.25) is 0 Å². The summed E-state index contributed by atoms with van der Waals surface area (Å²) in [7, 11) is 0. The maximum atomic E-state index is 5.88. The van der Waals surface area contributed by atoms with E-state index in [0.29, 0.717) is 6.04 Å². The zero-order chi connectivity index (χ0) is 12.3. The van der Waals surface area contributed by atoms with E-state index in [9.17, 15) is 0 Å². The number of nitrogens with one attached hydrogen (secondary N) is 1. The van der Waals surface area contributed by atoms with Gasteiger partial charge in [-0.15, -0.1) is 0 Å². The lowest BCUT2D eigenvalue weighted by molar-refractivity contribution is 0.135. The molecule has 2 aliphatic carbocycles. The summed E-state index contributed by atoms with van der Waals surface area (Å²) in [5.74, 6) is 9.36. The van der Waals surface area contributed by atoms with Gasteiger partial charge in [-0.1, -0.05) is 39.5 Å². The van der Waals surface area contributed by atoms with E-state index in [1.54, 1.807) is 0 Å². The Morgan fingerprint density at radius 3 is 1.71 bits per heavy atom. The van der Waals surface area contributed by atoms with Crippen molar-refractivity contribution in [1.82, 2.24) is 5.43 Å². The Morgan fingerprint density at radius 1 is 0.882 bits per heavy atom. The van der Waals surface area contributed by atoms with Crippen molar-refractivity contribution >= 4 is 0 Å². The summed E-state index contributed by atoms with van der Waals surface area (Å²) < 4.78 is 0. The van der Waals surface area contributed by atoms with Crippen LogP contribution in [0, 0.1) is 23.7 Å². The van der Waals surface area contributed by atoms with Crippen molar-refractivity contribution in [2.75, 3.05) is 0 Å². The Balaban J connectivity index is 1.94. The van der Waals surface area contributed by atoms with E-state index in [2.05, 4.69) is 19.3 Å². The fourth-order valence-corrected chi connectivity index (χ4v) is 4.27. The van der Waals surface area contributed by atoms with Crippen molar-refractivity contribution < 1.29 is 0 Å². The van der Waals surface area contributed by atoms with E-state index < -0.39 is 0 Å². The molecule has 4 atom stereocenters. The Kier molecular flexibility index (Phi) is 4.87. The van der Waals surface area contributed by atoms with E-state index in [1.165, 1.54) is 51.4 Å². The molecule has 0 aliphatic heterocycles. The standard InChI is InChI=1S/C15H30N2/c1-11-5-3-7-13(9-11)15(17-16)14-8-4-6-12(2)10-14/h11-15,17H,3-10,16H2,1-2H3. The molecule has 2 fully saturated rings. The van der Waals surface area contributed by atoms with Crippen LogP contribution in [0.3, 0.4) is 0 Å². The van der Waals surface area contributed by atoms with Crippen molar-refractivity contribution in [2.24, 2.45) is 29.5 Å². The highest BCUT2D eigenvalue weighted by atomic mass is 15.2. The summed E-state index contributed by atoms with van der Waals surface area (Å²) in [4.78, 5) is 0. The van der Waals surface area contributed by atoms with Crippen LogP contribution < -0.4 is 11.3 Å². The minimum Gasteiger partial charge on any atom is -0.271 e. The van der Waals surface area contributed by atoms with E-state index in [1.807, 2.05) is 0 Å². The van der Waals surface area contributed by atoms with E-state index >= 15 is 0 Å². The molecule has 0 aromatic carbocycles. The third-order valence-corrected chi connectivity index (χ3v) is 5.16. The molecule has 0 saturated heterocycles. The van der Waals surface area contributed by atoms with Gasteiger partial charge in [-0.05, 0) is 49.4 Å². The second-order valence-corrected chi connectivity index (χ2v) is 6.76. The molecule has 0 heterocycles. The molecule has 0 spiro atoms. The van der Waals surface area contributed by atoms with Gasteiger partial charge in [0.1, 0.15) is 0 Å². The third-order valence-electron chi connectivity index (χ3n) is 5.16. The van der Waals surface area contributed by atoms with Crippen LogP contribution in [-0.4, -0.2) is 6.04 Å². The lowest BCUT2D eigenvalue weighted by atomic mass is 9.70. The Labute approximate surface area is 107 Å². The largest absolute Gasteiger partial charge is 0.271 e. The van der Waals surface area contributed by atoms with Gasteiger partial charge in [-0.2, -0.15) is 0 Å². The van der Waals surface area contributed by atoms with Gasteiger partial charge in [0, 0.05) is 6.04 Å². The fourth-order valence-electron chi connectivity index (χ4n) is 4.27. The number of hydrogen-bond donors (Lipinski definition) is 2. The van der Waals surface area contributed by atoms with Crippen LogP contribution in [0.4, 0.5) is 0 Å². The Morgan fingerprint density at radius 2 is 1.35 bits per heavy atom. The number of nitrogens with two attached hydrogens (primary N) is 1. The highest BCUT2D eigenvalue weighted by Crippen LogP contribution is 2.38. The average molecular weight is 238 g/mol. The maximum Gasteiger partial charge on any atom is 0.0267 e. The zero-order valence-electron chi connectivity index (χ0n) is 11.6. The first kappa shape index (κ1) is 13.4. The van der Waals surface area contributed by atoms with E-state index in [4.69, 9.17) is 5.84 Å². The van der Waals surface area contributed by atoms with Crippen molar-refractivity contribution in [3.8, 4) is 0 Å². The van der Waals surface area contributed by atoms with Gasteiger partial charge < -0.3 is 0 Å². The summed E-state index contributed by atoms with van der Waals surface area (Å²) in [6.07, 6.45) is 11.2. The first-order valence-electron chi connectivity index (χ1n) is 7.66. The summed E-state index contributed by atoms with van der Waals surface area (Å²) in [5.41, 5.74) is 3.18. The first-order valence-corrected chi connectivity index (χ1v) is 7.66. The number of hydrazine groups is 1. The normalized spacial score (nSPS) is 41.1. The molecule has 2 saturated carbocycles. The molecule has 4 unspecified atom stereocenters. The second kappa shape index (κ2) is 6.19. The minimum atomic E-state index is 0.584. The van der Waals surface area contributed by atoms with Crippen molar-refractivity contribution in [2.45, 2.75) is 71.3 Å². The van der Waals surface area contributed by atoms with Crippen molar-refractivity contribution in [3.05, 3.63) is 0 Å². The molecular weight excluding hydrogens is 208 g/mol. The second-order valence-electron chi connectivity index (χ2n) is 6.76. The highest BCUT2D eigenvalue weighted by Gasteiger charge is 2.33. The van der Waals surface area contributed by atoms with Crippen LogP contribution in [0.1, 0.15) is 65.2 Å². The molecule has 0 radical (unpaired) electrons. The third kappa shape index (κ3) is 3.45. The smallest absolute Gasteiger partial charge is 0.0267 e. The predicted molar refractivity (Wildman–Crippen MR) is 73.4 cm³/mol. The van der Waals surface area contributed by atoms with Crippen molar-refractivity contribution in [1.29, 1.82) is 0 Å². The maximum absolute atomic E-state index is 5.88. The topological polar surface area (TPSA) is 38.0 Å². The van der Waals surface area contributed by atoms with Gasteiger partial charge in [0.15, 0.2) is 0 Å². The summed E-state index contributed by atoms with van der Waals surface area (Å²) in [5, 5.41) is 0. The van der Waals surface area contributed by atoms with E-state index in [0.717, 1.165) is 23.7 Å². The zero-order valence-corrected chi connectivity index (χ0v) is 11.6. The fraction of sp³-hybridized carbons (Fsp3) is 1.00.